The second kappa shape index (κ2) is 7.62. The van der Waals surface area contributed by atoms with Crippen LogP contribution in [0.5, 0.6) is 0 Å². The molecule has 1 aromatic carbocycles. The smallest absolute Gasteiger partial charge is 0.253 e. The molecule has 3 rings (SSSR count). The Bertz CT molecular complexity index is 774. The van der Waals surface area contributed by atoms with Crippen molar-refractivity contribution in [2.75, 3.05) is 7.05 Å². The summed E-state index contributed by atoms with van der Waals surface area (Å²) in [5.74, 6) is 0.961. The predicted molar refractivity (Wildman–Crippen MR) is 100 cm³/mol. The average Bonchev–Trinajstić information content (AvgIpc) is 3.02. The highest BCUT2D eigenvalue weighted by Crippen LogP contribution is 2.25. The molecule has 0 saturated carbocycles. The Kier molecular flexibility index (Phi) is 5.47. The average molecular weight is 356 g/mol. The van der Waals surface area contributed by atoms with Gasteiger partial charge in [0.05, 0.1) is 12.1 Å². The highest BCUT2D eigenvalue weighted by molar-refractivity contribution is 5.94. The molecule has 1 amide bonds. The normalized spacial score (nSPS) is 14.2. The molecular weight excluding hydrogens is 328 g/mol. The maximum Gasteiger partial charge on any atom is 0.253 e. The lowest BCUT2D eigenvalue weighted by atomic mass is 9.96. The molecule has 1 aromatic heterocycles. The minimum absolute atomic E-state index is 0.0253. The fourth-order valence-electron chi connectivity index (χ4n) is 3.40. The topological polar surface area (TPSA) is 66.6 Å². The van der Waals surface area contributed by atoms with Crippen LogP contribution in [0.2, 0.25) is 0 Å². The molecule has 5 heteroatoms. The monoisotopic (exact) mass is 356 g/mol. The van der Waals surface area contributed by atoms with Crippen LogP contribution in [0.1, 0.15) is 66.0 Å². The second-order valence-corrected chi connectivity index (χ2v) is 7.91. The SMILES string of the molecule is CN(Cc1noc2c1CCCC2)C(=O)c1cccc(CCC(C)(C)O)c1. The molecule has 26 heavy (non-hydrogen) atoms. The Morgan fingerprint density at radius 1 is 1.31 bits per heavy atom. The first-order valence-corrected chi connectivity index (χ1v) is 9.36. The molecule has 1 N–H and O–H groups in total. The molecule has 1 aliphatic carbocycles. The molecule has 5 nitrogen and oxygen atoms in total. The van der Waals surface area contributed by atoms with Crippen LogP contribution in [-0.2, 0) is 25.8 Å². The van der Waals surface area contributed by atoms with Crippen LogP contribution in [0.25, 0.3) is 0 Å². The predicted octanol–water partition coefficient (Wildman–Crippen LogP) is 3.53. The van der Waals surface area contributed by atoms with Crippen molar-refractivity contribution in [1.29, 1.82) is 0 Å². The van der Waals surface area contributed by atoms with Crippen molar-refractivity contribution in [2.24, 2.45) is 0 Å². The highest BCUT2D eigenvalue weighted by atomic mass is 16.5. The van der Waals surface area contributed by atoms with Gasteiger partial charge >= 0.3 is 0 Å². The van der Waals surface area contributed by atoms with Gasteiger partial charge in [0.1, 0.15) is 11.5 Å². The standard InChI is InChI=1S/C21H28N2O3/c1-21(2,25)12-11-15-7-6-8-16(13-15)20(24)23(3)14-18-17-9-4-5-10-19(17)26-22-18/h6-8,13,25H,4-5,9-12,14H2,1-3H3. The first-order valence-electron chi connectivity index (χ1n) is 9.36. The van der Waals surface area contributed by atoms with E-state index in [1.165, 1.54) is 5.56 Å². The van der Waals surface area contributed by atoms with Crippen molar-refractivity contribution in [3.63, 3.8) is 0 Å². The van der Waals surface area contributed by atoms with E-state index >= 15 is 0 Å². The second-order valence-electron chi connectivity index (χ2n) is 7.91. The number of carbonyl (C=O) groups is 1. The van der Waals surface area contributed by atoms with Crippen molar-refractivity contribution in [2.45, 2.75) is 64.5 Å². The minimum atomic E-state index is -0.706. The number of aliphatic hydroxyl groups is 1. The maximum atomic E-state index is 12.8. The lowest BCUT2D eigenvalue weighted by Crippen LogP contribution is -2.27. The summed E-state index contributed by atoms with van der Waals surface area (Å²) in [5, 5.41) is 14.1. The van der Waals surface area contributed by atoms with Gasteiger partial charge in [0.25, 0.3) is 5.91 Å². The number of hydrogen-bond acceptors (Lipinski definition) is 4. The molecule has 0 unspecified atom stereocenters. The lowest BCUT2D eigenvalue weighted by molar-refractivity contribution is 0.0714. The number of benzene rings is 1. The number of amides is 1. The van der Waals surface area contributed by atoms with Gasteiger partial charge in [-0.3, -0.25) is 4.79 Å². The van der Waals surface area contributed by atoms with Crippen LogP contribution in [0.3, 0.4) is 0 Å². The van der Waals surface area contributed by atoms with Crippen molar-refractivity contribution < 1.29 is 14.4 Å². The van der Waals surface area contributed by atoms with E-state index in [4.69, 9.17) is 4.52 Å². The van der Waals surface area contributed by atoms with Gasteiger partial charge in [0, 0.05) is 24.6 Å². The largest absolute Gasteiger partial charge is 0.390 e. The Labute approximate surface area is 155 Å². The van der Waals surface area contributed by atoms with Crippen molar-refractivity contribution >= 4 is 5.91 Å². The number of fused-ring (bicyclic) bond motifs is 1. The number of carbonyl (C=O) groups excluding carboxylic acids is 1. The van der Waals surface area contributed by atoms with E-state index in [0.717, 1.165) is 49.1 Å². The zero-order valence-corrected chi connectivity index (χ0v) is 15.9. The molecule has 0 radical (unpaired) electrons. The van der Waals surface area contributed by atoms with Crippen molar-refractivity contribution in [1.82, 2.24) is 10.1 Å². The van der Waals surface area contributed by atoms with E-state index in [1.807, 2.05) is 24.3 Å². The van der Waals surface area contributed by atoms with Gasteiger partial charge in [0.2, 0.25) is 0 Å². The first kappa shape index (κ1) is 18.6. The van der Waals surface area contributed by atoms with Crippen LogP contribution < -0.4 is 0 Å². The lowest BCUT2D eigenvalue weighted by Gasteiger charge is -2.19. The molecule has 140 valence electrons. The number of aromatic nitrogens is 1. The summed E-state index contributed by atoms with van der Waals surface area (Å²) < 4.78 is 5.44. The van der Waals surface area contributed by atoms with Crippen LogP contribution in [0.15, 0.2) is 28.8 Å². The first-order chi connectivity index (χ1) is 12.3. The van der Waals surface area contributed by atoms with Crippen LogP contribution in [0, 0.1) is 0 Å². The van der Waals surface area contributed by atoms with Crippen LogP contribution in [-0.4, -0.2) is 33.7 Å². The molecule has 0 atom stereocenters. The van der Waals surface area contributed by atoms with E-state index < -0.39 is 5.60 Å². The Hall–Kier alpha value is -2.14. The summed E-state index contributed by atoms with van der Waals surface area (Å²) >= 11 is 0. The molecule has 1 aliphatic rings. The van der Waals surface area contributed by atoms with E-state index in [1.54, 1.807) is 25.8 Å². The fraction of sp³-hybridized carbons (Fsp3) is 0.524. The van der Waals surface area contributed by atoms with Crippen molar-refractivity contribution in [3.05, 3.63) is 52.4 Å². The molecule has 0 saturated heterocycles. The Morgan fingerprint density at radius 2 is 2.08 bits per heavy atom. The molecule has 0 aliphatic heterocycles. The third-order valence-corrected chi connectivity index (χ3v) is 4.96. The van der Waals surface area contributed by atoms with E-state index in [2.05, 4.69) is 5.16 Å². The summed E-state index contributed by atoms with van der Waals surface area (Å²) in [5.41, 5.74) is 3.09. The zero-order chi connectivity index (χ0) is 18.7. The summed E-state index contributed by atoms with van der Waals surface area (Å²) in [7, 11) is 1.80. The number of hydrogen-bond donors (Lipinski definition) is 1. The number of nitrogens with zero attached hydrogens (tertiary/aromatic N) is 2. The molecule has 0 spiro atoms. The van der Waals surface area contributed by atoms with Gasteiger partial charge < -0.3 is 14.5 Å². The molecule has 0 bridgehead atoms. The van der Waals surface area contributed by atoms with Gasteiger partial charge in [-0.25, -0.2) is 0 Å². The Morgan fingerprint density at radius 3 is 2.85 bits per heavy atom. The molecule has 2 aromatic rings. The van der Waals surface area contributed by atoms with Gasteiger partial charge in [-0.2, -0.15) is 0 Å². The van der Waals surface area contributed by atoms with E-state index in [-0.39, 0.29) is 5.91 Å². The maximum absolute atomic E-state index is 12.8. The van der Waals surface area contributed by atoms with Gasteiger partial charge in [-0.1, -0.05) is 17.3 Å². The van der Waals surface area contributed by atoms with Gasteiger partial charge in [-0.15, -0.1) is 0 Å². The van der Waals surface area contributed by atoms with E-state index in [9.17, 15) is 9.90 Å². The molecule has 0 fully saturated rings. The third-order valence-electron chi connectivity index (χ3n) is 4.96. The van der Waals surface area contributed by atoms with Crippen molar-refractivity contribution in [3.8, 4) is 0 Å². The van der Waals surface area contributed by atoms with Crippen LogP contribution >= 0.6 is 0 Å². The zero-order valence-electron chi connectivity index (χ0n) is 15.9. The Balaban J connectivity index is 1.67. The minimum Gasteiger partial charge on any atom is -0.390 e. The number of aryl methyl sites for hydroxylation is 2. The number of rotatable bonds is 6. The summed E-state index contributed by atoms with van der Waals surface area (Å²) in [6.07, 6.45) is 5.64. The van der Waals surface area contributed by atoms with Crippen LogP contribution in [0.4, 0.5) is 0 Å². The molecule has 1 heterocycles. The molecular formula is C21H28N2O3. The fourth-order valence-corrected chi connectivity index (χ4v) is 3.40. The highest BCUT2D eigenvalue weighted by Gasteiger charge is 2.22. The summed E-state index contributed by atoms with van der Waals surface area (Å²) in [6, 6.07) is 7.66. The summed E-state index contributed by atoms with van der Waals surface area (Å²) in [6.45, 7) is 4.06. The quantitative estimate of drug-likeness (QED) is 0.860. The van der Waals surface area contributed by atoms with E-state index in [0.29, 0.717) is 18.5 Å². The third kappa shape index (κ3) is 4.52. The van der Waals surface area contributed by atoms with Gasteiger partial charge in [-0.05, 0) is 63.6 Å². The summed E-state index contributed by atoms with van der Waals surface area (Å²) in [4.78, 5) is 14.5. The van der Waals surface area contributed by atoms with Gasteiger partial charge in [0.15, 0.2) is 0 Å².